The Morgan fingerprint density at radius 2 is 1.00 bits per heavy atom. The van der Waals surface area contributed by atoms with Crippen LogP contribution in [0.15, 0.2) is 152 Å². The van der Waals surface area contributed by atoms with Crippen LogP contribution in [-0.2, 0) is 32.5 Å². The minimum Gasteiger partial charge on any atom is -0.310 e. The van der Waals surface area contributed by atoms with Gasteiger partial charge in [-0.2, -0.15) is 0 Å². The molecule has 0 radical (unpaired) electrons. The van der Waals surface area contributed by atoms with E-state index in [0.29, 0.717) is 0 Å². The maximum absolute atomic E-state index is 2.74. The SMILES string of the molecule is CC(C)(C)c1ccc(N(c2ccc(C(C)(C)C)cc2)c2ccc3c(c2)N(c2cccc4c2sc2cc(C(C)(C)C)ccc24)c2cc(C(C)(C)C)cc4c2B3c2cc(C(C)(C)C)cc3c5c(n-4c23)-c2ccccc2C5(C)C)cc1. The number of aromatic nitrogens is 1. The summed E-state index contributed by atoms with van der Waals surface area (Å²) in [5.74, 6) is 0. The fourth-order valence-electron chi connectivity index (χ4n) is 13.4. The highest BCUT2D eigenvalue weighted by molar-refractivity contribution is 7.26. The van der Waals surface area contributed by atoms with Crippen LogP contribution in [0.2, 0.25) is 0 Å². The van der Waals surface area contributed by atoms with Crippen molar-refractivity contribution in [2.75, 3.05) is 9.80 Å². The molecule has 0 bridgehead atoms. The first kappa shape index (κ1) is 50.7. The Labute approximate surface area is 469 Å². The van der Waals surface area contributed by atoms with E-state index >= 15 is 0 Å². The summed E-state index contributed by atoms with van der Waals surface area (Å²) in [6, 6.07) is 60.0. The van der Waals surface area contributed by atoms with Crippen molar-refractivity contribution in [3.63, 3.8) is 0 Å². The summed E-state index contributed by atoms with van der Waals surface area (Å²) in [7, 11) is 0. The highest BCUT2D eigenvalue weighted by atomic mass is 32.1. The monoisotopic (exact) mass is 1040 g/mol. The predicted molar refractivity (Wildman–Crippen MR) is 341 cm³/mol. The molecule has 10 aromatic rings. The largest absolute Gasteiger partial charge is 0.310 e. The van der Waals surface area contributed by atoms with Crippen LogP contribution in [0.25, 0.3) is 48.0 Å². The van der Waals surface area contributed by atoms with Crippen molar-refractivity contribution in [1.29, 1.82) is 0 Å². The van der Waals surface area contributed by atoms with Gasteiger partial charge in [0, 0.05) is 71.5 Å². The van der Waals surface area contributed by atoms with Gasteiger partial charge in [-0.1, -0.05) is 203 Å². The number of hydrogen-bond acceptors (Lipinski definition) is 3. The highest BCUT2D eigenvalue weighted by Gasteiger charge is 2.48. The number of thiophene rings is 1. The summed E-state index contributed by atoms with van der Waals surface area (Å²) in [5.41, 5.74) is 25.8. The number of anilines is 6. The van der Waals surface area contributed by atoms with E-state index in [1.54, 1.807) is 0 Å². The number of rotatable bonds is 4. The van der Waals surface area contributed by atoms with Gasteiger partial charge in [-0.3, -0.25) is 0 Å². The number of fused-ring (bicyclic) bond motifs is 12. The lowest BCUT2D eigenvalue weighted by Gasteiger charge is -2.42. The summed E-state index contributed by atoms with van der Waals surface area (Å²) in [6.45, 7) is 40.1. The van der Waals surface area contributed by atoms with Crippen LogP contribution in [0, 0.1) is 0 Å². The van der Waals surface area contributed by atoms with Crippen LogP contribution in [-0.4, -0.2) is 11.3 Å². The van der Waals surface area contributed by atoms with Crippen molar-refractivity contribution >= 4 is 99.6 Å². The molecular weight excluding hydrogens is 962 g/mol. The summed E-state index contributed by atoms with van der Waals surface area (Å²) in [4.78, 5) is 5.19. The molecule has 8 aromatic carbocycles. The molecule has 13 rings (SSSR count). The molecule has 78 heavy (non-hydrogen) atoms. The lowest BCUT2D eigenvalue weighted by Crippen LogP contribution is -2.60. The van der Waals surface area contributed by atoms with Crippen LogP contribution in [0.3, 0.4) is 0 Å². The van der Waals surface area contributed by atoms with E-state index in [-0.39, 0.29) is 39.2 Å². The molecule has 0 saturated carbocycles. The average molecular weight is 1040 g/mol. The second-order valence-electron chi connectivity index (χ2n) is 28.8. The van der Waals surface area contributed by atoms with Crippen molar-refractivity contribution in [3.05, 3.63) is 191 Å². The fraction of sp³-hybridized carbons (Fsp3) is 0.315. The molecule has 0 amide bonds. The first-order chi connectivity index (χ1) is 36.6. The lowest BCUT2D eigenvalue weighted by molar-refractivity contribution is 0.590. The van der Waals surface area contributed by atoms with E-state index in [4.69, 9.17) is 0 Å². The molecule has 0 spiro atoms. The third kappa shape index (κ3) is 7.57. The molecule has 4 heterocycles. The quantitative estimate of drug-likeness (QED) is 0.163. The van der Waals surface area contributed by atoms with Crippen LogP contribution in [0.5, 0.6) is 0 Å². The summed E-state index contributed by atoms with van der Waals surface area (Å²) < 4.78 is 5.38. The van der Waals surface area contributed by atoms with Gasteiger partial charge in [0.1, 0.15) is 0 Å². The average Bonchev–Trinajstić information content (AvgIpc) is 2.31. The normalized spacial score (nSPS) is 14.8. The Kier molecular flexibility index (Phi) is 10.8. The zero-order valence-corrected chi connectivity index (χ0v) is 50.1. The fourth-order valence-corrected chi connectivity index (χ4v) is 14.6. The summed E-state index contributed by atoms with van der Waals surface area (Å²) in [6.07, 6.45) is 0. The van der Waals surface area contributed by atoms with E-state index in [1.807, 2.05) is 11.3 Å². The molecule has 2 aliphatic heterocycles. The molecular formula is C73H76BN3S. The molecule has 0 fully saturated rings. The zero-order chi connectivity index (χ0) is 55.1. The second kappa shape index (κ2) is 16.6. The molecule has 0 saturated heterocycles. The minimum absolute atomic E-state index is 0.0268. The van der Waals surface area contributed by atoms with Crippen LogP contribution in [0.4, 0.5) is 34.1 Å². The second-order valence-corrected chi connectivity index (χ2v) is 29.8. The predicted octanol–water partition coefficient (Wildman–Crippen LogP) is 18.9. The van der Waals surface area contributed by atoms with E-state index in [2.05, 4.69) is 284 Å². The molecule has 0 unspecified atom stereocenters. The number of benzene rings is 8. The molecule has 3 nitrogen and oxygen atoms in total. The first-order valence-corrected chi connectivity index (χ1v) is 29.4. The van der Waals surface area contributed by atoms with Gasteiger partial charge in [-0.15, -0.1) is 11.3 Å². The van der Waals surface area contributed by atoms with Gasteiger partial charge < -0.3 is 14.4 Å². The molecule has 0 atom stereocenters. The van der Waals surface area contributed by atoms with Crippen LogP contribution >= 0.6 is 11.3 Å². The zero-order valence-electron chi connectivity index (χ0n) is 49.3. The Balaban J connectivity index is 1.17. The molecule has 3 aliphatic rings. The number of hydrogen-bond donors (Lipinski definition) is 0. The Morgan fingerprint density at radius 1 is 0.436 bits per heavy atom. The summed E-state index contributed by atoms with van der Waals surface area (Å²) >= 11 is 1.95. The van der Waals surface area contributed by atoms with E-state index in [9.17, 15) is 0 Å². The van der Waals surface area contributed by atoms with Gasteiger partial charge in [0.2, 0.25) is 0 Å². The van der Waals surface area contributed by atoms with Gasteiger partial charge in [0.15, 0.2) is 0 Å². The third-order valence-electron chi connectivity index (χ3n) is 17.9. The van der Waals surface area contributed by atoms with E-state index < -0.39 is 0 Å². The van der Waals surface area contributed by atoms with Crippen molar-refractivity contribution in [2.45, 2.75) is 150 Å². The minimum atomic E-state index is -0.198. The third-order valence-corrected chi connectivity index (χ3v) is 19.1. The topological polar surface area (TPSA) is 11.4 Å². The summed E-state index contributed by atoms with van der Waals surface area (Å²) in [5, 5.41) is 4.01. The van der Waals surface area contributed by atoms with Crippen molar-refractivity contribution in [3.8, 4) is 16.9 Å². The maximum Gasteiger partial charge on any atom is 0.252 e. The number of nitrogens with zero attached hydrogens (tertiary/aromatic N) is 3. The Hall–Kier alpha value is -6.82. The van der Waals surface area contributed by atoms with Gasteiger partial charge >= 0.3 is 0 Å². The molecule has 0 N–H and O–H groups in total. The van der Waals surface area contributed by atoms with E-state index in [0.717, 1.165) is 17.1 Å². The molecule has 2 aromatic heterocycles. The smallest absolute Gasteiger partial charge is 0.252 e. The van der Waals surface area contributed by atoms with Gasteiger partial charge in [0.25, 0.3) is 6.71 Å². The standard InChI is InChI=1S/C73H76BN3S/c1-68(2,3)43-25-30-48(31-26-43)75(49-32-27-44(28-33-49)69(4,5)6)50-34-36-56-59(42-50)76(58-24-20-22-52-51-35-29-45(70(7,8)9)41-62(51)78-67(52)58)60-39-47(72(13,14)15)40-61-64(60)74(56)57-38-46(71(10,11)12)37-54-63-66(77(61)65(54)57)53-21-18-19-23-55(53)73(63,16)17/h18-42H,1-17H3. The van der Waals surface area contributed by atoms with Crippen LogP contribution < -0.4 is 26.2 Å². The Bertz CT molecular complexity index is 4070. The first-order valence-electron chi connectivity index (χ1n) is 28.5. The van der Waals surface area contributed by atoms with Gasteiger partial charge in [-0.25, -0.2) is 0 Å². The van der Waals surface area contributed by atoms with Crippen LogP contribution in [0.1, 0.15) is 157 Å². The van der Waals surface area contributed by atoms with Crippen molar-refractivity contribution in [1.82, 2.24) is 4.57 Å². The van der Waals surface area contributed by atoms with E-state index in [1.165, 1.54) is 120 Å². The molecule has 5 heteroatoms. The molecule has 1 aliphatic carbocycles. The van der Waals surface area contributed by atoms with Crippen molar-refractivity contribution < 1.29 is 0 Å². The Morgan fingerprint density at radius 3 is 1.62 bits per heavy atom. The van der Waals surface area contributed by atoms with Gasteiger partial charge in [0.05, 0.1) is 16.1 Å². The molecule has 392 valence electrons. The highest BCUT2D eigenvalue weighted by Crippen LogP contribution is 2.56. The lowest BCUT2D eigenvalue weighted by atomic mass is 9.33. The maximum atomic E-state index is 2.74. The van der Waals surface area contributed by atoms with Crippen molar-refractivity contribution in [2.24, 2.45) is 0 Å². The van der Waals surface area contributed by atoms with Gasteiger partial charge in [-0.05, 0) is 149 Å².